The van der Waals surface area contributed by atoms with Crippen molar-refractivity contribution in [3.05, 3.63) is 0 Å². The van der Waals surface area contributed by atoms with Crippen LogP contribution in [0.1, 0.15) is 32.6 Å². The van der Waals surface area contributed by atoms with Crippen molar-refractivity contribution >= 4 is 16.0 Å². The lowest BCUT2D eigenvalue weighted by atomic mass is 10.2. The molecule has 0 saturated heterocycles. The maximum atomic E-state index is 10.8. The first-order valence-electron chi connectivity index (χ1n) is 6.38. The van der Waals surface area contributed by atoms with Gasteiger partial charge in [-0.3, -0.25) is 4.99 Å². The van der Waals surface area contributed by atoms with E-state index in [0.717, 1.165) is 31.6 Å². The second-order valence-corrected chi connectivity index (χ2v) is 5.99. The van der Waals surface area contributed by atoms with Gasteiger partial charge in [0.15, 0.2) is 5.96 Å². The monoisotopic (exact) mass is 278 g/mol. The van der Waals surface area contributed by atoms with Gasteiger partial charge in [0.05, 0.1) is 6.26 Å². The van der Waals surface area contributed by atoms with Crippen LogP contribution >= 0.6 is 0 Å². The van der Waals surface area contributed by atoms with Gasteiger partial charge in [-0.2, -0.15) is 0 Å². The molecule has 0 fully saturated rings. The van der Waals surface area contributed by atoms with Gasteiger partial charge in [-0.15, -0.1) is 0 Å². The highest BCUT2D eigenvalue weighted by Crippen LogP contribution is 1.90. The van der Waals surface area contributed by atoms with Gasteiger partial charge < -0.3 is 10.6 Å². The number of hydrogen-bond acceptors (Lipinski definition) is 3. The Bertz CT molecular complexity index is 328. The molecule has 0 rings (SSSR count). The summed E-state index contributed by atoms with van der Waals surface area (Å²) in [7, 11) is -1.35. The molecule has 0 radical (unpaired) electrons. The largest absolute Gasteiger partial charge is 0.356 e. The van der Waals surface area contributed by atoms with Crippen LogP contribution in [0.25, 0.3) is 0 Å². The Hall–Kier alpha value is -0.820. The van der Waals surface area contributed by atoms with Crippen LogP contribution in [0.4, 0.5) is 0 Å². The molecule has 18 heavy (non-hydrogen) atoms. The number of sulfonamides is 1. The summed E-state index contributed by atoms with van der Waals surface area (Å²) in [4.78, 5) is 4.09. The lowest BCUT2D eigenvalue weighted by Crippen LogP contribution is -2.39. The van der Waals surface area contributed by atoms with Crippen LogP contribution in [0, 0.1) is 0 Å². The number of aliphatic imine (C=N–C) groups is 1. The number of nitrogens with zero attached hydrogens (tertiary/aromatic N) is 1. The first-order valence-corrected chi connectivity index (χ1v) is 8.28. The molecule has 0 aliphatic rings. The summed E-state index contributed by atoms with van der Waals surface area (Å²) in [5.74, 6) is 0.769. The number of hydrogen-bond donors (Lipinski definition) is 3. The highest BCUT2D eigenvalue weighted by Gasteiger charge is 1.99. The van der Waals surface area contributed by atoms with E-state index in [1.54, 1.807) is 7.05 Å². The summed E-state index contributed by atoms with van der Waals surface area (Å²) in [6.45, 7) is 4.21. The number of nitrogens with one attached hydrogen (secondary N) is 3. The summed E-state index contributed by atoms with van der Waals surface area (Å²) >= 11 is 0. The molecule has 0 amide bonds. The molecular weight excluding hydrogens is 252 g/mol. The predicted octanol–water partition coefficient (Wildman–Crippen LogP) is 0.281. The lowest BCUT2D eigenvalue weighted by Gasteiger charge is -2.11. The fourth-order valence-corrected chi connectivity index (χ4v) is 1.87. The average molecular weight is 278 g/mol. The van der Waals surface area contributed by atoms with Crippen LogP contribution in [-0.4, -0.2) is 47.3 Å². The number of guanidine groups is 1. The van der Waals surface area contributed by atoms with E-state index in [2.05, 4.69) is 27.3 Å². The van der Waals surface area contributed by atoms with Gasteiger partial charge in [0.1, 0.15) is 0 Å². The Labute approximate surface area is 111 Å². The minimum absolute atomic E-state index is 0.443. The minimum atomic E-state index is -3.07. The Morgan fingerprint density at radius 2 is 1.67 bits per heavy atom. The molecule has 0 atom stereocenters. The van der Waals surface area contributed by atoms with Crippen molar-refractivity contribution < 1.29 is 8.42 Å². The molecule has 6 nitrogen and oxygen atoms in total. The van der Waals surface area contributed by atoms with Crippen molar-refractivity contribution in [3.63, 3.8) is 0 Å². The molecular formula is C11H26N4O2S. The third kappa shape index (κ3) is 11.7. The Morgan fingerprint density at radius 1 is 1.06 bits per heavy atom. The summed E-state index contributed by atoms with van der Waals surface area (Å²) in [6.07, 6.45) is 5.43. The first-order chi connectivity index (χ1) is 8.49. The van der Waals surface area contributed by atoms with E-state index in [0.29, 0.717) is 13.1 Å². The van der Waals surface area contributed by atoms with Gasteiger partial charge in [0.25, 0.3) is 0 Å². The average Bonchev–Trinajstić information content (AvgIpc) is 2.30. The van der Waals surface area contributed by atoms with Crippen molar-refractivity contribution in [2.24, 2.45) is 4.99 Å². The van der Waals surface area contributed by atoms with Crippen molar-refractivity contribution in [1.82, 2.24) is 15.4 Å². The van der Waals surface area contributed by atoms with Crippen LogP contribution in [-0.2, 0) is 10.0 Å². The van der Waals surface area contributed by atoms with Gasteiger partial charge in [-0.1, -0.05) is 19.8 Å². The van der Waals surface area contributed by atoms with Crippen LogP contribution in [0.15, 0.2) is 4.99 Å². The molecule has 7 heteroatoms. The van der Waals surface area contributed by atoms with E-state index >= 15 is 0 Å². The van der Waals surface area contributed by atoms with E-state index in [1.807, 2.05) is 0 Å². The fourth-order valence-electron chi connectivity index (χ4n) is 1.36. The molecule has 0 aromatic heterocycles. The zero-order valence-electron chi connectivity index (χ0n) is 11.6. The van der Waals surface area contributed by atoms with E-state index in [-0.39, 0.29) is 0 Å². The maximum absolute atomic E-state index is 10.8. The van der Waals surface area contributed by atoms with Gasteiger partial charge >= 0.3 is 0 Å². The molecule has 0 aromatic rings. The van der Waals surface area contributed by atoms with Crippen molar-refractivity contribution in [2.75, 3.05) is 32.9 Å². The van der Waals surface area contributed by atoms with E-state index in [1.165, 1.54) is 12.8 Å². The maximum Gasteiger partial charge on any atom is 0.208 e. The molecule has 0 saturated carbocycles. The van der Waals surface area contributed by atoms with Gasteiger partial charge in [0.2, 0.25) is 10.0 Å². The second-order valence-electron chi connectivity index (χ2n) is 4.15. The molecule has 0 aliphatic carbocycles. The Kier molecular flexibility index (Phi) is 9.67. The summed E-state index contributed by atoms with van der Waals surface area (Å²) in [5.41, 5.74) is 0. The molecule has 0 unspecified atom stereocenters. The molecule has 0 spiro atoms. The first kappa shape index (κ1) is 17.2. The third-order valence-electron chi connectivity index (χ3n) is 2.31. The number of unbranched alkanes of at least 4 members (excludes halogenated alkanes) is 2. The summed E-state index contributed by atoms with van der Waals surface area (Å²) < 4.78 is 24.1. The van der Waals surface area contributed by atoms with Gasteiger partial charge in [-0.25, -0.2) is 13.1 Å². The fraction of sp³-hybridized carbons (Fsp3) is 0.909. The van der Waals surface area contributed by atoms with E-state index in [9.17, 15) is 8.42 Å². The minimum Gasteiger partial charge on any atom is -0.356 e. The third-order valence-corrected chi connectivity index (χ3v) is 3.04. The molecule has 0 bridgehead atoms. The molecule has 108 valence electrons. The van der Waals surface area contributed by atoms with Crippen molar-refractivity contribution in [2.45, 2.75) is 32.6 Å². The van der Waals surface area contributed by atoms with Gasteiger partial charge in [0, 0.05) is 26.7 Å². The highest BCUT2D eigenvalue weighted by atomic mass is 32.2. The van der Waals surface area contributed by atoms with Gasteiger partial charge in [-0.05, 0) is 12.8 Å². The summed E-state index contributed by atoms with van der Waals surface area (Å²) in [5, 5.41) is 6.35. The molecule has 3 N–H and O–H groups in total. The van der Waals surface area contributed by atoms with Crippen molar-refractivity contribution in [1.29, 1.82) is 0 Å². The van der Waals surface area contributed by atoms with Crippen LogP contribution in [0.5, 0.6) is 0 Å². The Morgan fingerprint density at radius 3 is 2.17 bits per heavy atom. The molecule has 0 aromatic carbocycles. The second kappa shape index (κ2) is 10.1. The Balaban J connectivity index is 3.57. The van der Waals surface area contributed by atoms with E-state index < -0.39 is 10.0 Å². The topological polar surface area (TPSA) is 82.6 Å². The van der Waals surface area contributed by atoms with Crippen molar-refractivity contribution in [3.8, 4) is 0 Å². The normalized spacial score (nSPS) is 12.5. The van der Waals surface area contributed by atoms with Crippen LogP contribution in [0.2, 0.25) is 0 Å². The SMILES string of the molecule is CCCCCNC(=NC)NCCCNS(C)(=O)=O. The smallest absolute Gasteiger partial charge is 0.208 e. The zero-order valence-corrected chi connectivity index (χ0v) is 12.4. The number of rotatable bonds is 9. The lowest BCUT2D eigenvalue weighted by molar-refractivity contribution is 0.584. The summed E-state index contributed by atoms with van der Waals surface area (Å²) in [6, 6.07) is 0. The highest BCUT2D eigenvalue weighted by molar-refractivity contribution is 7.88. The zero-order chi connectivity index (χ0) is 13.9. The standard InChI is InChI=1S/C11H26N4O2S/c1-4-5-6-8-13-11(12-2)14-9-7-10-15-18(3,16)17/h15H,4-10H2,1-3H3,(H2,12,13,14). The van der Waals surface area contributed by atoms with Crippen LogP contribution < -0.4 is 15.4 Å². The quantitative estimate of drug-likeness (QED) is 0.321. The predicted molar refractivity (Wildman–Crippen MR) is 76.4 cm³/mol. The molecule has 0 aliphatic heterocycles. The molecule has 0 heterocycles. The van der Waals surface area contributed by atoms with E-state index in [4.69, 9.17) is 0 Å². The van der Waals surface area contributed by atoms with Crippen LogP contribution in [0.3, 0.4) is 0 Å².